The van der Waals surface area contributed by atoms with Crippen molar-refractivity contribution in [3.05, 3.63) is 78.9 Å². The van der Waals surface area contributed by atoms with Gasteiger partial charge in [-0.1, -0.05) is 48.5 Å². The molecule has 0 amide bonds. The second-order valence-electron chi connectivity index (χ2n) is 4.07. The SMILES string of the molecule is [c]1cc(Oc2ccccc2)nc(-c2ccccc2)c1. The fourth-order valence-electron chi connectivity index (χ4n) is 1.79. The molecule has 1 aromatic heterocycles. The van der Waals surface area contributed by atoms with Gasteiger partial charge in [0.15, 0.2) is 0 Å². The number of para-hydroxylation sites is 1. The first-order valence-electron chi connectivity index (χ1n) is 6.08. The summed E-state index contributed by atoms with van der Waals surface area (Å²) in [5.74, 6) is 1.32. The lowest BCUT2D eigenvalue weighted by atomic mass is 10.1. The first-order valence-corrected chi connectivity index (χ1v) is 6.08. The molecule has 2 aromatic carbocycles. The molecule has 2 heteroatoms. The molecule has 1 heterocycles. The lowest BCUT2D eigenvalue weighted by molar-refractivity contribution is 0.463. The summed E-state index contributed by atoms with van der Waals surface area (Å²) in [5.41, 5.74) is 1.91. The van der Waals surface area contributed by atoms with E-state index in [0.29, 0.717) is 5.88 Å². The van der Waals surface area contributed by atoms with E-state index in [9.17, 15) is 0 Å². The summed E-state index contributed by atoms with van der Waals surface area (Å²) in [7, 11) is 0. The summed E-state index contributed by atoms with van der Waals surface area (Å²) in [4.78, 5) is 4.48. The lowest BCUT2D eigenvalue weighted by Crippen LogP contribution is -1.89. The molecule has 0 aliphatic rings. The number of aromatic nitrogens is 1. The number of pyridine rings is 1. The van der Waals surface area contributed by atoms with E-state index >= 15 is 0 Å². The Morgan fingerprint density at radius 3 is 2.21 bits per heavy atom. The monoisotopic (exact) mass is 246 g/mol. The topological polar surface area (TPSA) is 22.1 Å². The van der Waals surface area contributed by atoms with E-state index in [1.807, 2.05) is 66.7 Å². The van der Waals surface area contributed by atoms with Gasteiger partial charge in [-0.3, -0.25) is 0 Å². The number of benzene rings is 2. The van der Waals surface area contributed by atoms with Gasteiger partial charge in [0.25, 0.3) is 0 Å². The third-order valence-corrected chi connectivity index (χ3v) is 2.69. The highest BCUT2D eigenvalue weighted by Gasteiger charge is 2.02. The second kappa shape index (κ2) is 5.36. The van der Waals surface area contributed by atoms with Crippen molar-refractivity contribution in [2.45, 2.75) is 0 Å². The van der Waals surface area contributed by atoms with Crippen molar-refractivity contribution in [1.82, 2.24) is 4.98 Å². The van der Waals surface area contributed by atoms with Crippen LogP contribution in [0.4, 0.5) is 0 Å². The maximum Gasteiger partial charge on any atom is 0.220 e. The van der Waals surface area contributed by atoms with E-state index in [0.717, 1.165) is 17.0 Å². The van der Waals surface area contributed by atoms with Crippen LogP contribution in [0.2, 0.25) is 0 Å². The van der Waals surface area contributed by atoms with Gasteiger partial charge in [-0.05, 0) is 24.3 Å². The van der Waals surface area contributed by atoms with Crippen LogP contribution in [0, 0.1) is 6.07 Å². The van der Waals surface area contributed by atoms with Crippen LogP contribution in [-0.2, 0) is 0 Å². The van der Waals surface area contributed by atoms with E-state index < -0.39 is 0 Å². The number of ether oxygens (including phenoxy) is 1. The maximum absolute atomic E-state index is 5.70. The smallest absolute Gasteiger partial charge is 0.220 e. The van der Waals surface area contributed by atoms with Gasteiger partial charge in [-0.25, -0.2) is 4.98 Å². The normalized spacial score (nSPS) is 10.1. The Bertz CT molecular complexity index is 650. The first kappa shape index (κ1) is 11.5. The molecule has 91 valence electrons. The van der Waals surface area contributed by atoms with Crippen LogP contribution in [-0.4, -0.2) is 4.98 Å². The Morgan fingerprint density at radius 2 is 1.47 bits per heavy atom. The highest BCUT2D eigenvalue weighted by molar-refractivity contribution is 5.59. The average Bonchev–Trinajstić information content (AvgIpc) is 2.49. The Kier molecular flexibility index (Phi) is 3.24. The van der Waals surface area contributed by atoms with Gasteiger partial charge in [-0.15, -0.1) is 0 Å². The molecular weight excluding hydrogens is 234 g/mol. The van der Waals surface area contributed by atoms with E-state index in [4.69, 9.17) is 4.74 Å². The van der Waals surface area contributed by atoms with Crippen molar-refractivity contribution in [2.75, 3.05) is 0 Å². The van der Waals surface area contributed by atoms with E-state index in [2.05, 4.69) is 11.1 Å². The van der Waals surface area contributed by atoms with Crippen molar-refractivity contribution >= 4 is 0 Å². The fourth-order valence-corrected chi connectivity index (χ4v) is 1.79. The van der Waals surface area contributed by atoms with Crippen molar-refractivity contribution in [1.29, 1.82) is 0 Å². The van der Waals surface area contributed by atoms with Gasteiger partial charge in [0.05, 0.1) is 5.69 Å². The van der Waals surface area contributed by atoms with Gasteiger partial charge >= 0.3 is 0 Å². The molecule has 0 saturated carbocycles. The second-order valence-corrected chi connectivity index (χ2v) is 4.07. The summed E-state index contributed by atoms with van der Waals surface area (Å²) in [6.45, 7) is 0. The van der Waals surface area contributed by atoms with Crippen LogP contribution in [0.15, 0.2) is 72.8 Å². The molecular formula is C17H12NO. The minimum atomic E-state index is 0.549. The van der Waals surface area contributed by atoms with Gasteiger partial charge in [0, 0.05) is 11.6 Å². The molecule has 0 bridgehead atoms. The Balaban J connectivity index is 1.89. The number of hydrogen-bond acceptors (Lipinski definition) is 2. The summed E-state index contributed by atoms with van der Waals surface area (Å²) < 4.78 is 5.70. The molecule has 0 saturated heterocycles. The van der Waals surface area contributed by atoms with Crippen LogP contribution in [0.5, 0.6) is 11.6 Å². The quantitative estimate of drug-likeness (QED) is 0.685. The minimum Gasteiger partial charge on any atom is -0.439 e. The van der Waals surface area contributed by atoms with E-state index in [1.165, 1.54) is 0 Å². The van der Waals surface area contributed by atoms with Crippen molar-refractivity contribution in [2.24, 2.45) is 0 Å². The minimum absolute atomic E-state index is 0.549. The Hall–Kier alpha value is -2.61. The standard InChI is InChI=1S/C17H12NO/c1-3-8-14(9-4-1)16-12-7-13-17(18-16)19-15-10-5-2-6-11-15/h1-6,8-13H. The number of rotatable bonds is 3. The number of nitrogens with zero attached hydrogens (tertiary/aromatic N) is 1. The van der Waals surface area contributed by atoms with Crippen LogP contribution < -0.4 is 4.74 Å². The van der Waals surface area contributed by atoms with E-state index in [1.54, 1.807) is 6.07 Å². The van der Waals surface area contributed by atoms with Gasteiger partial charge in [0.2, 0.25) is 5.88 Å². The summed E-state index contributed by atoms with van der Waals surface area (Å²) in [6.07, 6.45) is 0. The van der Waals surface area contributed by atoms with Gasteiger partial charge in [-0.2, -0.15) is 0 Å². The molecule has 0 atom stereocenters. The molecule has 0 N–H and O–H groups in total. The van der Waals surface area contributed by atoms with Crippen molar-refractivity contribution < 1.29 is 4.74 Å². The molecule has 0 unspecified atom stereocenters. The highest BCUT2D eigenvalue weighted by Crippen LogP contribution is 2.22. The predicted octanol–water partition coefficient (Wildman–Crippen LogP) is 4.34. The molecule has 1 radical (unpaired) electrons. The fraction of sp³-hybridized carbons (Fsp3) is 0. The van der Waals surface area contributed by atoms with Crippen molar-refractivity contribution in [3.63, 3.8) is 0 Å². The Morgan fingerprint density at radius 1 is 0.789 bits per heavy atom. The third-order valence-electron chi connectivity index (χ3n) is 2.69. The summed E-state index contributed by atoms with van der Waals surface area (Å²) >= 11 is 0. The lowest BCUT2D eigenvalue weighted by Gasteiger charge is -2.06. The molecule has 2 nitrogen and oxygen atoms in total. The van der Waals surface area contributed by atoms with Crippen LogP contribution in [0.1, 0.15) is 0 Å². The predicted molar refractivity (Wildman–Crippen MR) is 75.0 cm³/mol. The molecule has 3 aromatic rings. The number of hydrogen-bond donors (Lipinski definition) is 0. The molecule has 3 rings (SSSR count). The first-order chi connectivity index (χ1) is 9.42. The van der Waals surface area contributed by atoms with Crippen LogP contribution >= 0.6 is 0 Å². The molecule has 0 spiro atoms. The van der Waals surface area contributed by atoms with Crippen LogP contribution in [0.3, 0.4) is 0 Å². The third kappa shape index (κ3) is 2.80. The summed E-state index contributed by atoms with van der Waals surface area (Å²) in [5, 5.41) is 0. The van der Waals surface area contributed by atoms with E-state index in [-0.39, 0.29) is 0 Å². The average molecular weight is 246 g/mol. The van der Waals surface area contributed by atoms with Gasteiger partial charge in [0.1, 0.15) is 5.75 Å². The molecule has 0 aliphatic heterocycles. The zero-order chi connectivity index (χ0) is 12.9. The largest absolute Gasteiger partial charge is 0.439 e. The van der Waals surface area contributed by atoms with Crippen molar-refractivity contribution in [3.8, 4) is 22.9 Å². The van der Waals surface area contributed by atoms with Gasteiger partial charge < -0.3 is 4.74 Å². The molecule has 0 aliphatic carbocycles. The zero-order valence-electron chi connectivity index (χ0n) is 10.3. The Labute approximate surface area is 112 Å². The molecule has 19 heavy (non-hydrogen) atoms. The zero-order valence-corrected chi connectivity index (χ0v) is 10.3. The maximum atomic E-state index is 5.70. The summed E-state index contributed by atoms with van der Waals surface area (Å²) in [6, 6.07) is 26.3. The molecule has 0 fully saturated rings. The van der Waals surface area contributed by atoms with Crippen LogP contribution in [0.25, 0.3) is 11.3 Å². The highest BCUT2D eigenvalue weighted by atomic mass is 16.5.